The first kappa shape index (κ1) is 17.8. The smallest absolute Gasteiger partial charge is 0.221 e. The van der Waals surface area contributed by atoms with E-state index in [-0.39, 0.29) is 12.0 Å². The number of carbonyl (C=O) groups excluding carboxylic acids is 1. The van der Waals surface area contributed by atoms with Crippen LogP contribution >= 0.6 is 34.8 Å². The summed E-state index contributed by atoms with van der Waals surface area (Å²) >= 11 is 17.5. The zero-order chi connectivity index (χ0) is 15.9. The highest BCUT2D eigenvalue weighted by Crippen LogP contribution is 2.23. The molecule has 0 aliphatic carbocycles. The second-order valence-corrected chi connectivity index (χ2v) is 6.41. The predicted molar refractivity (Wildman–Crippen MR) is 89.8 cm³/mol. The summed E-state index contributed by atoms with van der Waals surface area (Å²) in [5.41, 5.74) is 1.11. The molecule has 0 aromatic heterocycles. The monoisotopic (exact) mass is 364 g/mol. The fraction of sp³-hybridized carbons (Fsp3) is 0.533. The maximum atomic E-state index is 11.4. The van der Waals surface area contributed by atoms with Crippen LogP contribution in [0.5, 0.6) is 0 Å². The van der Waals surface area contributed by atoms with Crippen molar-refractivity contribution in [2.75, 3.05) is 32.1 Å². The number of morpholine rings is 1. The lowest BCUT2D eigenvalue weighted by atomic mass is 10.2. The van der Waals surface area contributed by atoms with Gasteiger partial charge in [-0.05, 0) is 17.7 Å². The lowest BCUT2D eigenvalue weighted by Gasteiger charge is -2.33. The summed E-state index contributed by atoms with van der Waals surface area (Å²) in [6, 6.07) is 5.67. The molecule has 1 heterocycles. The minimum Gasteiger partial charge on any atom is -0.374 e. The topological polar surface area (TPSA) is 41.6 Å². The molecule has 1 aliphatic heterocycles. The van der Waals surface area contributed by atoms with Gasteiger partial charge in [0.05, 0.1) is 22.8 Å². The number of nitrogens with one attached hydrogen (secondary N) is 1. The van der Waals surface area contributed by atoms with Gasteiger partial charge in [-0.2, -0.15) is 0 Å². The molecule has 2 rings (SSSR count). The minimum atomic E-state index is -0.0415. The van der Waals surface area contributed by atoms with E-state index in [4.69, 9.17) is 39.5 Å². The Morgan fingerprint density at radius 3 is 2.91 bits per heavy atom. The van der Waals surface area contributed by atoms with Crippen LogP contribution in [0.15, 0.2) is 18.2 Å². The van der Waals surface area contributed by atoms with E-state index in [0.717, 1.165) is 25.2 Å². The molecule has 7 heteroatoms. The van der Waals surface area contributed by atoms with E-state index < -0.39 is 0 Å². The molecule has 0 bridgehead atoms. The molecule has 0 saturated carbocycles. The van der Waals surface area contributed by atoms with Crippen LogP contribution in [0.3, 0.4) is 0 Å². The number of benzene rings is 1. The standard InChI is InChI=1S/C15H19Cl3N2O2/c16-4-3-15(21)19-8-12-10-20(5-6-22-12)9-11-1-2-13(17)14(18)7-11/h1-2,7,12H,3-6,8-10H2,(H,19,21)/t12-/m0/s1. The highest BCUT2D eigenvalue weighted by atomic mass is 35.5. The molecule has 0 spiro atoms. The number of ether oxygens (including phenoxy) is 1. The van der Waals surface area contributed by atoms with E-state index >= 15 is 0 Å². The fourth-order valence-electron chi connectivity index (χ4n) is 2.35. The Labute approximate surface area is 145 Å². The van der Waals surface area contributed by atoms with Gasteiger partial charge in [0.15, 0.2) is 0 Å². The summed E-state index contributed by atoms with van der Waals surface area (Å²) in [5, 5.41) is 3.97. The van der Waals surface area contributed by atoms with Gasteiger partial charge in [-0.15, -0.1) is 11.6 Å². The number of alkyl halides is 1. The van der Waals surface area contributed by atoms with E-state index in [2.05, 4.69) is 10.2 Å². The van der Waals surface area contributed by atoms with Crippen LogP contribution in [0.1, 0.15) is 12.0 Å². The van der Waals surface area contributed by atoms with Crippen LogP contribution in [-0.2, 0) is 16.1 Å². The first-order valence-electron chi connectivity index (χ1n) is 7.19. The summed E-state index contributed by atoms with van der Waals surface area (Å²) in [6.45, 7) is 3.56. The Morgan fingerprint density at radius 2 is 2.18 bits per heavy atom. The minimum absolute atomic E-state index is 0.00389. The number of carbonyl (C=O) groups is 1. The number of hydrogen-bond donors (Lipinski definition) is 1. The van der Waals surface area contributed by atoms with E-state index in [1.807, 2.05) is 18.2 Å². The van der Waals surface area contributed by atoms with Gasteiger partial charge < -0.3 is 10.1 Å². The average molecular weight is 366 g/mol. The molecule has 22 heavy (non-hydrogen) atoms. The summed E-state index contributed by atoms with van der Waals surface area (Å²) in [5.74, 6) is 0.293. The fourth-order valence-corrected chi connectivity index (χ4v) is 2.84. The molecule has 1 amide bonds. The molecule has 1 atom stereocenters. The van der Waals surface area contributed by atoms with Gasteiger partial charge in [0.1, 0.15) is 0 Å². The molecule has 1 fully saturated rings. The molecule has 0 unspecified atom stereocenters. The van der Waals surface area contributed by atoms with Gasteiger partial charge in [-0.25, -0.2) is 0 Å². The Bertz CT molecular complexity index is 514. The van der Waals surface area contributed by atoms with Crippen molar-refractivity contribution in [3.8, 4) is 0 Å². The predicted octanol–water partition coefficient (Wildman–Crippen LogP) is 2.94. The van der Waals surface area contributed by atoms with Gasteiger partial charge in [-0.1, -0.05) is 29.3 Å². The highest BCUT2D eigenvalue weighted by Gasteiger charge is 2.21. The van der Waals surface area contributed by atoms with Crippen LogP contribution in [0.25, 0.3) is 0 Å². The van der Waals surface area contributed by atoms with Crippen molar-refractivity contribution in [2.45, 2.75) is 19.1 Å². The van der Waals surface area contributed by atoms with Crippen LogP contribution in [-0.4, -0.2) is 49.0 Å². The average Bonchev–Trinajstić information content (AvgIpc) is 2.50. The molecule has 1 saturated heterocycles. The van der Waals surface area contributed by atoms with Gasteiger partial charge in [0.2, 0.25) is 5.91 Å². The Hall–Kier alpha value is -0.520. The van der Waals surface area contributed by atoms with E-state index in [1.165, 1.54) is 0 Å². The zero-order valence-corrected chi connectivity index (χ0v) is 14.4. The van der Waals surface area contributed by atoms with Crippen molar-refractivity contribution >= 4 is 40.7 Å². The summed E-state index contributed by atoms with van der Waals surface area (Å²) < 4.78 is 5.68. The second-order valence-electron chi connectivity index (χ2n) is 5.22. The van der Waals surface area contributed by atoms with Crippen molar-refractivity contribution in [2.24, 2.45) is 0 Å². The molecular formula is C15H19Cl3N2O2. The largest absolute Gasteiger partial charge is 0.374 e. The zero-order valence-electron chi connectivity index (χ0n) is 12.2. The highest BCUT2D eigenvalue weighted by molar-refractivity contribution is 6.42. The third-order valence-corrected chi connectivity index (χ3v) is 4.39. The maximum absolute atomic E-state index is 11.4. The Kier molecular flexibility index (Phi) is 7.25. The SMILES string of the molecule is O=C(CCCl)NC[C@H]1CN(Cc2ccc(Cl)c(Cl)c2)CCO1. The van der Waals surface area contributed by atoms with Crippen LogP contribution in [0.2, 0.25) is 10.0 Å². The lowest BCUT2D eigenvalue weighted by Crippen LogP contribution is -2.47. The number of rotatable bonds is 6. The van der Waals surface area contributed by atoms with Crippen LogP contribution in [0, 0.1) is 0 Å². The Morgan fingerprint density at radius 1 is 1.36 bits per heavy atom. The number of nitrogens with zero attached hydrogens (tertiary/aromatic N) is 1. The Balaban J connectivity index is 1.82. The summed E-state index contributed by atoms with van der Waals surface area (Å²) in [6.07, 6.45) is 0.331. The maximum Gasteiger partial charge on any atom is 0.221 e. The van der Waals surface area contributed by atoms with Crippen molar-refractivity contribution in [3.63, 3.8) is 0 Å². The van der Waals surface area contributed by atoms with E-state index in [1.54, 1.807) is 0 Å². The van der Waals surface area contributed by atoms with Crippen LogP contribution < -0.4 is 5.32 Å². The number of amides is 1. The molecule has 0 radical (unpaired) electrons. The summed E-state index contributed by atoms with van der Waals surface area (Å²) in [7, 11) is 0. The molecule has 1 aromatic rings. The van der Waals surface area contributed by atoms with Gasteiger partial charge in [-0.3, -0.25) is 9.69 Å². The van der Waals surface area contributed by atoms with Gasteiger partial charge in [0, 0.05) is 38.5 Å². The molecule has 1 aromatic carbocycles. The van der Waals surface area contributed by atoms with Gasteiger partial charge >= 0.3 is 0 Å². The molecule has 4 nitrogen and oxygen atoms in total. The van der Waals surface area contributed by atoms with Crippen molar-refractivity contribution in [3.05, 3.63) is 33.8 Å². The third-order valence-electron chi connectivity index (χ3n) is 3.46. The molecule has 122 valence electrons. The van der Waals surface area contributed by atoms with E-state index in [9.17, 15) is 4.79 Å². The van der Waals surface area contributed by atoms with Crippen molar-refractivity contribution in [1.29, 1.82) is 0 Å². The van der Waals surface area contributed by atoms with Crippen molar-refractivity contribution in [1.82, 2.24) is 10.2 Å². The normalized spacial score (nSPS) is 19.1. The number of halogens is 3. The van der Waals surface area contributed by atoms with Crippen LogP contribution in [0.4, 0.5) is 0 Å². The molecular weight excluding hydrogens is 347 g/mol. The first-order valence-corrected chi connectivity index (χ1v) is 8.48. The second kappa shape index (κ2) is 8.94. The first-order chi connectivity index (χ1) is 10.6. The van der Waals surface area contributed by atoms with E-state index in [0.29, 0.717) is 35.5 Å². The van der Waals surface area contributed by atoms with Crippen molar-refractivity contribution < 1.29 is 9.53 Å². The number of hydrogen-bond acceptors (Lipinski definition) is 3. The van der Waals surface area contributed by atoms with Gasteiger partial charge in [0.25, 0.3) is 0 Å². The lowest BCUT2D eigenvalue weighted by molar-refractivity contribution is -0.121. The molecule has 1 N–H and O–H groups in total. The summed E-state index contributed by atoms with van der Waals surface area (Å²) in [4.78, 5) is 13.7. The molecule has 1 aliphatic rings. The quantitative estimate of drug-likeness (QED) is 0.788. The third kappa shape index (κ3) is 5.60.